The predicted molar refractivity (Wildman–Crippen MR) is 68.6 cm³/mol. The van der Waals surface area contributed by atoms with Crippen LogP contribution in [0, 0.1) is 0 Å². The number of carbonyl (C=O) groups is 1. The molecule has 17 heavy (non-hydrogen) atoms. The summed E-state index contributed by atoms with van der Waals surface area (Å²) in [5.41, 5.74) is 0.623. The molecule has 3 nitrogen and oxygen atoms in total. The molecule has 1 heterocycles. The highest BCUT2D eigenvalue weighted by molar-refractivity contribution is 9.10. The number of Topliss-reactive ketones (excluding diaryl/α,β-unsaturated/α-hetero) is 1. The molecule has 4 heteroatoms. The fourth-order valence-corrected chi connectivity index (χ4v) is 2.38. The van der Waals surface area contributed by atoms with Gasteiger partial charge in [0.1, 0.15) is 5.75 Å². The SMILES string of the molecule is COc1ccc(Br)cc1C(=O)CC1CCCO1. The zero-order chi connectivity index (χ0) is 12.3. The molecule has 1 saturated heterocycles. The van der Waals surface area contributed by atoms with Gasteiger partial charge in [-0.05, 0) is 31.0 Å². The molecule has 0 amide bonds. The van der Waals surface area contributed by atoms with Crippen molar-refractivity contribution < 1.29 is 14.3 Å². The Morgan fingerprint density at radius 1 is 1.59 bits per heavy atom. The third kappa shape index (κ3) is 3.07. The van der Waals surface area contributed by atoms with Crippen LogP contribution < -0.4 is 4.74 Å². The van der Waals surface area contributed by atoms with Gasteiger partial charge in [0, 0.05) is 17.5 Å². The lowest BCUT2D eigenvalue weighted by molar-refractivity contribution is 0.0773. The topological polar surface area (TPSA) is 35.5 Å². The highest BCUT2D eigenvalue weighted by atomic mass is 79.9. The molecule has 0 spiro atoms. The third-order valence-electron chi connectivity index (χ3n) is 2.90. The maximum absolute atomic E-state index is 12.2. The summed E-state index contributed by atoms with van der Waals surface area (Å²) in [7, 11) is 1.58. The molecule has 0 bridgehead atoms. The van der Waals surface area contributed by atoms with Gasteiger partial charge in [0.2, 0.25) is 0 Å². The Labute approximate surface area is 109 Å². The van der Waals surface area contributed by atoms with Crippen molar-refractivity contribution in [2.45, 2.75) is 25.4 Å². The molecule has 1 unspecified atom stereocenters. The minimum Gasteiger partial charge on any atom is -0.496 e. The van der Waals surface area contributed by atoms with E-state index in [4.69, 9.17) is 9.47 Å². The molecule has 1 fully saturated rings. The van der Waals surface area contributed by atoms with Crippen LogP contribution >= 0.6 is 15.9 Å². The maximum atomic E-state index is 12.2. The molecular weight excluding hydrogens is 284 g/mol. The normalized spacial score (nSPS) is 19.3. The van der Waals surface area contributed by atoms with Gasteiger partial charge in [-0.3, -0.25) is 4.79 Å². The number of carbonyl (C=O) groups excluding carboxylic acids is 1. The number of methoxy groups -OCH3 is 1. The molecule has 2 rings (SSSR count). The van der Waals surface area contributed by atoms with Gasteiger partial charge < -0.3 is 9.47 Å². The molecule has 0 aromatic heterocycles. The van der Waals surface area contributed by atoms with Gasteiger partial charge in [0.15, 0.2) is 5.78 Å². The average Bonchev–Trinajstić information content (AvgIpc) is 2.81. The summed E-state index contributed by atoms with van der Waals surface area (Å²) < 4.78 is 11.6. The molecule has 1 aliphatic heterocycles. The molecular formula is C13H15BrO3. The van der Waals surface area contributed by atoms with Gasteiger partial charge >= 0.3 is 0 Å². The van der Waals surface area contributed by atoms with E-state index in [1.165, 1.54) is 0 Å². The van der Waals surface area contributed by atoms with E-state index >= 15 is 0 Å². The number of ether oxygens (including phenoxy) is 2. The van der Waals surface area contributed by atoms with Gasteiger partial charge in [0.25, 0.3) is 0 Å². The van der Waals surface area contributed by atoms with Crippen LogP contribution in [-0.2, 0) is 4.74 Å². The Morgan fingerprint density at radius 3 is 3.06 bits per heavy atom. The number of hydrogen-bond acceptors (Lipinski definition) is 3. The molecule has 1 atom stereocenters. The molecule has 0 saturated carbocycles. The van der Waals surface area contributed by atoms with E-state index in [1.807, 2.05) is 6.07 Å². The van der Waals surface area contributed by atoms with Gasteiger partial charge in [-0.1, -0.05) is 15.9 Å². The van der Waals surface area contributed by atoms with Gasteiger partial charge in [-0.25, -0.2) is 0 Å². The maximum Gasteiger partial charge on any atom is 0.169 e. The van der Waals surface area contributed by atoms with E-state index < -0.39 is 0 Å². The van der Waals surface area contributed by atoms with E-state index in [0.717, 1.165) is 23.9 Å². The standard InChI is InChI=1S/C13H15BrO3/c1-16-13-5-4-9(14)7-11(13)12(15)8-10-3-2-6-17-10/h4-5,7,10H,2-3,6,8H2,1H3. The highest BCUT2D eigenvalue weighted by Crippen LogP contribution is 2.26. The van der Waals surface area contributed by atoms with Crippen molar-refractivity contribution in [3.05, 3.63) is 28.2 Å². The summed E-state index contributed by atoms with van der Waals surface area (Å²) in [6, 6.07) is 5.46. The Kier molecular flexibility index (Phi) is 4.18. The number of ketones is 1. The fraction of sp³-hybridized carbons (Fsp3) is 0.462. The van der Waals surface area contributed by atoms with Crippen LogP contribution in [0.5, 0.6) is 5.75 Å². The summed E-state index contributed by atoms with van der Waals surface area (Å²) in [5.74, 6) is 0.700. The zero-order valence-corrected chi connectivity index (χ0v) is 11.3. The minimum absolute atomic E-state index is 0.0752. The predicted octanol–water partition coefficient (Wildman–Crippen LogP) is 3.21. The van der Waals surface area contributed by atoms with E-state index in [9.17, 15) is 4.79 Å². The van der Waals surface area contributed by atoms with E-state index in [2.05, 4.69) is 15.9 Å². The molecule has 1 aromatic carbocycles. The smallest absolute Gasteiger partial charge is 0.169 e. The lowest BCUT2D eigenvalue weighted by atomic mass is 10.0. The fourth-order valence-electron chi connectivity index (χ4n) is 2.02. The number of benzene rings is 1. The van der Waals surface area contributed by atoms with Crippen molar-refractivity contribution in [3.8, 4) is 5.75 Å². The average molecular weight is 299 g/mol. The lowest BCUT2D eigenvalue weighted by Gasteiger charge is -2.11. The van der Waals surface area contributed by atoms with Crippen molar-refractivity contribution in [2.75, 3.05) is 13.7 Å². The first-order valence-electron chi connectivity index (χ1n) is 5.69. The number of rotatable bonds is 4. The lowest BCUT2D eigenvalue weighted by Crippen LogP contribution is -2.13. The van der Waals surface area contributed by atoms with Crippen molar-refractivity contribution >= 4 is 21.7 Å². The van der Waals surface area contributed by atoms with Crippen LogP contribution in [0.15, 0.2) is 22.7 Å². The summed E-state index contributed by atoms with van der Waals surface area (Å²) >= 11 is 3.37. The zero-order valence-electron chi connectivity index (χ0n) is 9.74. The van der Waals surface area contributed by atoms with Crippen LogP contribution in [0.3, 0.4) is 0 Å². The van der Waals surface area contributed by atoms with Gasteiger partial charge in [-0.2, -0.15) is 0 Å². The third-order valence-corrected chi connectivity index (χ3v) is 3.39. The Bertz CT molecular complexity index is 411. The van der Waals surface area contributed by atoms with Crippen molar-refractivity contribution in [1.82, 2.24) is 0 Å². The van der Waals surface area contributed by atoms with Gasteiger partial charge in [-0.15, -0.1) is 0 Å². The van der Waals surface area contributed by atoms with E-state index in [0.29, 0.717) is 17.7 Å². The van der Waals surface area contributed by atoms with Crippen molar-refractivity contribution in [3.63, 3.8) is 0 Å². The first kappa shape index (κ1) is 12.6. The van der Waals surface area contributed by atoms with Crippen molar-refractivity contribution in [1.29, 1.82) is 0 Å². The van der Waals surface area contributed by atoms with Gasteiger partial charge in [0.05, 0.1) is 18.8 Å². The second-order valence-corrected chi connectivity index (χ2v) is 5.02. The monoisotopic (exact) mass is 298 g/mol. The molecule has 1 aromatic rings. The Morgan fingerprint density at radius 2 is 2.41 bits per heavy atom. The Balaban J connectivity index is 2.14. The summed E-state index contributed by atoms with van der Waals surface area (Å²) in [5, 5.41) is 0. The highest BCUT2D eigenvalue weighted by Gasteiger charge is 2.21. The molecule has 0 aliphatic carbocycles. The first-order valence-corrected chi connectivity index (χ1v) is 6.48. The molecule has 0 radical (unpaired) electrons. The van der Waals surface area contributed by atoms with Crippen LogP contribution in [0.2, 0.25) is 0 Å². The van der Waals surface area contributed by atoms with Crippen molar-refractivity contribution in [2.24, 2.45) is 0 Å². The van der Waals surface area contributed by atoms with Crippen LogP contribution in [0.1, 0.15) is 29.6 Å². The quantitative estimate of drug-likeness (QED) is 0.801. The van der Waals surface area contributed by atoms with Crippen LogP contribution in [0.25, 0.3) is 0 Å². The molecule has 0 N–H and O–H groups in total. The van der Waals surface area contributed by atoms with E-state index in [-0.39, 0.29) is 11.9 Å². The molecule has 1 aliphatic rings. The molecule has 92 valence electrons. The number of halogens is 1. The summed E-state index contributed by atoms with van der Waals surface area (Å²) in [6.07, 6.45) is 2.54. The summed E-state index contributed by atoms with van der Waals surface area (Å²) in [4.78, 5) is 12.2. The minimum atomic E-state index is 0.0752. The largest absolute Gasteiger partial charge is 0.496 e. The summed E-state index contributed by atoms with van der Waals surface area (Å²) in [6.45, 7) is 0.771. The first-order chi connectivity index (χ1) is 8.20. The second kappa shape index (κ2) is 5.65. The van der Waals surface area contributed by atoms with E-state index in [1.54, 1.807) is 19.2 Å². The second-order valence-electron chi connectivity index (χ2n) is 4.11. The Hall–Kier alpha value is -0.870. The number of hydrogen-bond donors (Lipinski definition) is 0. The van der Waals surface area contributed by atoms with Crippen LogP contribution in [0.4, 0.5) is 0 Å². The van der Waals surface area contributed by atoms with Crippen LogP contribution in [-0.4, -0.2) is 25.6 Å².